The Kier molecular flexibility index (Phi) is 3.83. The van der Waals surface area contributed by atoms with Crippen molar-refractivity contribution < 1.29 is 0 Å². The second kappa shape index (κ2) is 6.48. The quantitative estimate of drug-likeness (QED) is 0.591. The van der Waals surface area contributed by atoms with E-state index >= 15 is 0 Å². The molecular formula is C21H19N5O. The van der Waals surface area contributed by atoms with Crippen LogP contribution < -0.4 is 5.56 Å². The first-order chi connectivity index (χ1) is 13.3. The van der Waals surface area contributed by atoms with Gasteiger partial charge in [-0.25, -0.2) is 4.98 Å². The molecule has 0 spiro atoms. The number of fused-ring (bicyclic) bond motifs is 2. The molecule has 2 aromatic carbocycles. The molecule has 0 atom stereocenters. The van der Waals surface area contributed by atoms with E-state index in [4.69, 9.17) is 4.98 Å². The second-order valence-corrected chi connectivity index (χ2v) is 6.89. The Bertz CT molecular complexity index is 1160. The Labute approximate surface area is 155 Å². The smallest absolute Gasteiger partial charge is 0.255 e. The van der Waals surface area contributed by atoms with Gasteiger partial charge in [0.05, 0.1) is 22.5 Å². The molecule has 1 aliphatic heterocycles. The van der Waals surface area contributed by atoms with Crippen molar-refractivity contribution in [3.63, 3.8) is 0 Å². The summed E-state index contributed by atoms with van der Waals surface area (Å²) in [7, 11) is 0. The molecule has 4 aromatic rings. The fourth-order valence-electron chi connectivity index (χ4n) is 3.71. The highest BCUT2D eigenvalue weighted by molar-refractivity contribution is 5.81. The van der Waals surface area contributed by atoms with E-state index in [1.165, 1.54) is 0 Å². The van der Waals surface area contributed by atoms with Gasteiger partial charge in [0.2, 0.25) is 0 Å². The van der Waals surface area contributed by atoms with Gasteiger partial charge in [-0.3, -0.25) is 14.8 Å². The van der Waals surface area contributed by atoms with Crippen LogP contribution in [0.3, 0.4) is 0 Å². The van der Waals surface area contributed by atoms with E-state index in [0.29, 0.717) is 12.4 Å². The Morgan fingerprint density at radius 1 is 1.04 bits per heavy atom. The van der Waals surface area contributed by atoms with Crippen LogP contribution in [-0.2, 0) is 19.5 Å². The summed E-state index contributed by atoms with van der Waals surface area (Å²) in [5, 5.41) is 8.63. The van der Waals surface area contributed by atoms with E-state index in [1.54, 1.807) is 0 Å². The van der Waals surface area contributed by atoms with Crippen molar-refractivity contribution in [3.8, 4) is 11.4 Å². The molecule has 2 N–H and O–H groups in total. The Hall–Kier alpha value is -3.25. The number of para-hydroxylation sites is 1. The summed E-state index contributed by atoms with van der Waals surface area (Å²) in [5.41, 5.74) is 4.62. The van der Waals surface area contributed by atoms with Crippen LogP contribution in [0.25, 0.3) is 22.3 Å². The molecule has 6 nitrogen and oxygen atoms in total. The minimum absolute atomic E-state index is 0.0435. The lowest BCUT2D eigenvalue weighted by Crippen LogP contribution is -2.35. The van der Waals surface area contributed by atoms with Gasteiger partial charge >= 0.3 is 0 Å². The molecule has 0 saturated carbocycles. The fraction of sp³-hybridized carbons (Fsp3) is 0.190. The highest BCUT2D eigenvalue weighted by atomic mass is 16.1. The van der Waals surface area contributed by atoms with Crippen molar-refractivity contribution in [2.75, 3.05) is 6.54 Å². The van der Waals surface area contributed by atoms with Crippen molar-refractivity contribution in [1.82, 2.24) is 25.1 Å². The topological polar surface area (TPSA) is 77.7 Å². The molecule has 27 heavy (non-hydrogen) atoms. The normalized spacial score (nSPS) is 14.4. The lowest BCUT2D eigenvalue weighted by molar-refractivity contribution is 0.240. The Balaban J connectivity index is 1.42. The molecular weight excluding hydrogens is 338 g/mol. The summed E-state index contributed by atoms with van der Waals surface area (Å²) in [6.45, 7) is 2.20. The number of benzene rings is 2. The predicted octanol–water partition coefficient (Wildman–Crippen LogP) is 2.87. The van der Waals surface area contributed by atoms with Crippen LogP contribution in [0.15, 0.2) is 59.4 Å². The third-order valence-corrected chi connectivity index (χ3v) is 5.12. The monoisotopic (exact) mass is 357 g/mol. The van der Waals surface area contributed by atoms with Crippen LogP contribution in [0.4, 0.5) is 0 Å². The first kappa shape index (κ1) is 16.0. The Morgan fingerprint density at radius 2 is 1.85 bits per heavy atom. The van der Waals surface area contributed by atoms with Gasteiger partial charge in [0, 0.05) is 37.0 Å². The molecule has 0 saturated heterocycles. The first-order valence-corrected chi connectivity index (χ1v) is 9.10. The number of hydrogen-bond donors (Lipinski definition) is 2. The summed E-state index contributed by atoms with van der Waals surface area (Å²) in [6.07, 6.45) is 0.769. The van der Waals surface area contributed by atoms with Crippen LogP contribution in [-0.4, -0.2) is 31.6 Å². The minimum Gasteiger partial charge on any atom is -0.306 e. The summed E-state index contributed by atoms with van der Waals surface area (Å²) < 4.78 is 0. The number of aromatic amines is 2. The molecule has 6 heteroatoms. The molecule has 5 rings (SSSR count). The second-order valence-electron chi connectivity index (χ2n) is 6.89. The summed E-state index contributed by atoms with van der Waals surface area (Å²) >= 11 is 0. The number of aromatic nitrogens is 4. The largest absolute Gasteiger partial charge is 0.306 e. The van der Waals surface area contributed by atoms with E-state index < -0.39 is 0 Å². The first-order valence-electron chi connectivity index (χ1n) is 9.10. The van der Waals surface area contributed by atoms with Gasteiger partial charge in [-0.2, -0.15) is 5.10 Å². The lowest BCUT2D eigenvalue weighted by Gasteiger charge is -2.27. The number of nitrogens with one attached hydrogen (secondary N) is 2. The Morgan fingerprint density at radius 3 is 2.74 bits per heavy atom. The van der Waals surface area contributed by atoms with Crippen LogP contribution in [0.5, 0.6) is 0 Å². The van der Waals surface area contributed by atoms with E-state index in [2.05, 4.69) is 26.1 Å². The zero-order valence-electron chi connectivity index (χ0n) is 14.8. The maximum Gasteiger partial charge on any atom is 0.255 e. The molecule has 0 bridgehead atoms. The average Bonchev–Trinajstić information content (AvgIpc) is 3.12. The number of H-pyrrole nitrogens is 2. The van der Waals surface area contributed by atoms with Crippen molar-refractivity contribution in [3.05, 3.63) is 81.9 Å². The summed E-state index contributed by atoms with van der Waals surface area (Å²) in [4.78, 5) is 22.6. The maximum absolute atomic E-state index is 12.7. The maximum atomic E-state index is 12.7. The third-order valence-electron chi connectivity index (χ3n) is 5.12. The van der Waals surface area contributed by atoms with Crippen LogP contribution in [0.2, 0.25) is 0 Å². The summed E-state index contributed by atoms with van der Waals surface area (Å²) in [5.74, 6) is 0.646. The molecule has 2 aromatic heterocycles. The molecule has 0 fully saturated rings. The molecule has 3 heterocycles. The molecule has 0 radical (unpaired) electrons. The molecule has 0 amide bonds. The standard InChI is InChI=1S/C21H19N5O/c27-21-16-12-26(13-19-15-8-4-5-9-18(15)24-25-19)11-10-17(16)22-20(23-21)14-6-2-1-3-7-14/h1-9H,10-13H2,(H,24,25)(H,22,23,27). The van der Waals surface area contributed by atoms with E-state index in [0.717, 1.165) is 52.9 Å². The minimum atomic E-state index is -0.0435. The highest BCUT2D eigenvalue weighted by Crippen LogP contribution is 2.22. The van der Waals surface area contributed by atoms with Gasteiger partial charge in [0.15, 0.2) is 0 Å². The SMILES string of the molecule is O=c1[nH]c(-c2ccccc2)nc2c1CN(Cc1[nH]nc3ccccc13)CC2. The molecule has 0 aliphatic carbocycles. The molecule has 1 aliphatic rings. The molecule has 134 valence electrons. The van der Waals surface area contributed by atoms with Crippen molar-refractivity contribution in [2.24, 2.45) is 0 Å². The van der Waals surface area contributed by atoms with Crippen molar-refractivity contribution in [2.45, 2.75) is 19.5 Å². The fourth-order valence-corrected chi connectivity index (χ4v) is 3.71. The van der Waals surface area contributed by atoms with Gasteiger partial charge in [-0.1, -0.05) is 48.5 Å². The number of nitrogens with zero attached hydrogens (tertiary/aromatic N) is 3. The van der Waals surface area contributed by atoms with Gasteiger partial charge in [0.1, 0.15) is 5.82 Å². The summed E-state index contributed by atoms with van der Waals surface area (Å²) in [6, 6.07) is 17.9. The predicted molar refractivity (Wildman–Crippen MR) is 104 cm³/mol. The number of rotatable bonds is 3. The van der Waals surface area contributed by atoms with Gasteiger partial charge in [-0.05, 0) is 6.07 Å². The van der Waals surface area contributed by atoms with E-state index in [9.17, 15) is 4.79 Å². The third kappa shape index (κ3) is 2.94. The number of hydrogen-bond acceptors (Lipinski definition) is 4. The van der Waals surface area contributed by atoms with Crippen LogP contribution in [0, 0.1) is 0 Å². The zero-order chi connectivity index (χ0) is 18.2. The van der Waals surface area contributed by atoms with Gasteiger partial charge in [-0.15, -0.1) is 0 Å². The van der Waals surface area contributed by atoms with Crippen molar-refractivity contribution in [1.29, 1.82) is 0 Å². The van der Waals surface area contributed by atoms with E-state index in [1.807, 2.05) is 48.5 Å². The highest BCUT2D eigenvalue weighted by Gasteiger charge is 2.22. The van der Waals surface area contributed by atoms with Gasteiger partial charge in [0.25, 0.3) is 5.56 Å². The lowest BCUT2D eigenvalue weighted by atomic mass is 10.1. The van der Waals surface area contributed by atoms with Crippen LogP contribution >= 0.6 is 0 Å². The van der Waals surface area contributed by atoms with Gasteiger partial charge < -0.3 is 4.98 Å². The van der Waals surface area contributed by atoms with Crippen LogP contribution in [0.1, 0.15) is 17.0 Å². The van der Waals surface area contributed by atoms with Crippen molar-refractivity contribution >= 4 is 10.9 Å². The zero-order valence-corrected chi connectivity index (χ0v) is 14.8. The molecule has 0 unspecified atom stereocenters. The average molecular weight is 357 g/mol. The van der Waals surface area contributed by atoms with E-state index in [-0.39, 0.29) is 5.56 Å².